The molecular formula is C20H31ClN2O2. The monoisotopic (exact) mass is 366 g/mol. The number of nitrogens with one attached hydrogen (secondary N) is 1. The number of carbonyl (C=O) groups is 1. The van der Waals surface area contributed by atoms with E-state index in [1.807, 2.05) is 37.8 Å². The van der Waals surface area contributed by atoms with Gasteiger partial charge in [0.05, 0.1) is 0 Å². The molecule has 1 fully saturated rings. The van der Waals surface area contributed by atoms with E-state index in [1.54, 1.807) is 0 Å². The van der Waals surface area contributed by atoms with Crippen LogP contribution in [0, 0.1) is 5.92 Å². The van der Waals surface area contributed by atoms with Gasteiger partial charge in [0.25, 0.3) is 0 Å². The largest absolute Gasteiger partial charge is 0.444 e. The van der Waals surface area contributed by atoms with E-state index in [9.17, 15) is 4.79 Å². The van der Waals surface area contributed by atoms with Crippen LogP contribution in [-0.2, 0) is 4.74 Å². The third-order valence-corrected chi connectivity index (χ3v) is 4.64. The Bertz CT molecular complexity index is 566. The van der Waals surface area contributed by atoms with E-state index in [1.165, 1.54) is 5.56 Å². The van der Waals surface area contributed by atoms with Gasteiger partial charge >= 0.3 is 6.09 Å². The lowest BCUT2D eigenvalue weighted by molar-refractivity contribution is 0.0181. The SMILES string of the molecule is CC(C)C(NC1CCCN(C(=O)OC(C)(C)C)C1)c1ccc(Cl)cc1. The van der Waals surface area contributed by atoms with Gasteiger partial charge in [0.2, 0.25) is 0 Å². The molecule has 2 atom stereocenters. The van der Waals surface area contributed by atoms with Gasteiger partial charge < -0.3 is 15.0 Å². The van der Waals surface area contributed by atoms with Crippen LogP contribution >= 0.6 is 11.6 Å². The van der Waals surface area contributed by atoms with Gasteiger partial charge in [-0.3, -0.25) is 0 Å². The number of ether oxygens (including phenoxy) is 1. The van der Waals surface area contributed by atoms with Crippen molar-refractivity contribution in [3.8, 4) is 0 Å². The molecule has 2 rings (SSSR count). The zero-order chi connectivity index (χ0) is 18.6. The van der Waals surface area contributed by atoms with Crippen molar-refractivity contribution in [1.29, 1.82) is 0 Å². The lowest BCUT2D eigenvalue weighted by Gasteiger charge is -2.37. The first kappa shape index (κ1) is 20.1. The summed E-state index contributed by atoms with van der Waals surface area (Å²) in [6.45, 7) is 11.6. The molecule has 0 spiro atoms. The number of amides is 1. The number of nitrogens with zero attached hydrogens (tertiary/aromatic N) is 1. The Hall–Kier alpha value is -1.26. The number of piperidine rings is 1. The Morgan fingerprint density at radius 2 is 1.92 bits per heavy atom. The predicted molar refractivity (Wildman–Crippen MR) is 103 cm³/mol. The molecule has 0 aromatic heterocycles. The van der Waals surface area contributed by atoms with Crippen molar-refractivity contribution in [2.45, 2.75) is 65.1 Å². The van der Waals surface area contributed by atoms with Crippen LogP contribution in [0.2, 0.25) is 5.02 Å². The van der Waals surface area contributed by atoms with E-state index in [-0.39, 0.29) is 18.2 Å². The first-order valence-electron chi connectivity index (χ1n) is 9.15. The Morgan fingerprint density at radius 3 is 2.48 bits per heavy atom. The summed E-state index contributed by atoms with van der Waals surface area (Å²) in [5.41, 5.74) is 0.773. The summed E-state index contributed by atoms with van der Waals surface area (Å²) in [4.78, 5) is 14.2. The molecule has 1 saturated heterocycles. The molecule has 140 valence electrons. The third kappa shape index (κ3) is 6.19. The van der Waals surface area contributed by atoms with Gasteiger partial charge in [0.1, 0.15) is 5.60 Å². The van der Waals surface area contributed by atoms with Crippen molar-refractivity contribution in [3.05, 3.63) is 34.9 Å². The molecule has 1 amide bonds. The average molecular weight is 367 g/mol. The van der Waals surface area contributed by atoms with Crippen LogP contribution in [0.3, 0.4) is 0 Å². The van der Waals surface area contributed by atoms with Gasteiger partial charge in [-0.05, 0) is 57.2 Å². The fourth-order valence-corrected chi connectivity index (χ4v) is 3.33. The molecule has 1 aromatic carbocycles. The highest BCUT2D eigenvalue weighted by atomic mass is 35.5. The molecule has 1 heterocycles. The van der Waals surface area contributed by atoms with Crippen molar-refractivity contribution in [2.24, 2.45) is 5.92 Å². The fourth-order valence-electron chi connectivity index (χ4n) is 3.20. The summed E-state index contributed by atoms with van der Waals surface area (Å²) in [6, 6.07) is 8.53. The molecule has 4 nitrogen and oxygen atoms in total. The van der Waals surface area contributed by atoms with Gasteiger partial charge in [0, 0.05) is 30.2 Å². The smallest absolute Gasteiger partial charge is 0.410 e. The summed E-state index contributed by atoms with van der Waals surface area (Å²) >= 11 is 6.02. The highest BCUT2D eigenvalue weighted by molar-refractivity contribution is 6.30. The van der Waals surface area contributed by atoms with E-state index >= 15 is 0 Å². The minimum Gasteiger partial charge on any atom is -0.444 e. The second-order valence-electron chi connectivity index (χ2n) is 8.21. The molecule has 5 heteroatoms. The molecule has 1 aliphatic rings. The number of likely N-dealkylation sites (tertiary alicyclic amines) is 1. The van der Waals surface area contributed by atoms with E-state index in [0.717, 1.165) is 24.4 Å². The highest BCUT2D eigenvalue weighted by Gasteiger charge is 2.29. The van der Waals surface area contributed by atoms with Crippen molar-refractivity contribution < 1.29 is 9.53 Å². The van der Waals surface area contributed by atoms with Gasteiger partial charge in [-0.15, -0.1) is 0 Å². The highest BCUT2D eigenvalue weighted by Crippen LogP contribution is 2.25. The van der Waals surface area contributed by atoms with Gasteiger partial charge in [0.15, 0.2) is 0 Å². The van der Waals surface area contributed by atoms with Crippen LogP contribution in [0.15, 0.2) is 24.3 Å². The zero-order valence-corrected chi connectivity index (χ0v) is 16.8. The van der Waals surface area contributed by atoms with Crippen LogP contribution in [-0.4, -0.2) is 35.7 Å². The maximum absolute atomic E-state index is 12.3. The fraction of sp³-hybridized carbons (Fsp3) is 0.650. The zero-order valence-electron chi connectivity index (χ0n) is 16.0. The number of rotatable bonds is 4. The van der Waals surface area contributed by atoms with Gasteiger partial charge in [-0.25, -0.2) is 4.79 Å². The van der Waals surface area contributed by atoms with Gasteiger partial charge in [-0.1, -0.05) is 37.6 Å². The number of carbonyl (C=O) groups excluding carboxylic acids is 1. The molecule has 0 saturated carbocycles. The third-order valence-electron chi connectivity index (χ3n) is 4.38. The van der Waals surface area contributed by atoms with E-state index in [0.29, 0.717) is 12.5 Å². The Balaban J connectivity index is 2.02. The maximum Gasteiger partial charge on any atom is 0.410 e. The van der Waals surface area contributed by atoms with Crippen LogP contribution < -0.4 is 5.32 Å². The van der Waals surface area contributed by atoms with Gasteiger partial charge in [-0.2, -0.15) is 0 Å². The Labute approximate surface area is 156 Å². The van der Waals surface area contributed by atoms with Crippen molar-refractivity contribution >= 4 is 17.7 Å². The summed E-state index contributed by atoms with van der Waals surface area (Å²) in [7, 11) is 0. The number of benzene rings is 1. The normalized spacial score (nSPS) is 19.8. The summed E-state index contributed by atoms with van der Waals surface area (Å²) < 4.78 is 5.52. The van der Waals surface area contributed by atoms with E-state index in [4.69, 9.17) is 16.3 Å². The van der Waals surface area contributed by atoms with E-state index < -0.39 is 5.60 Å². The van der Waals surface area contributed by atoms with Crippen LogP contribution in [0.4, 0.5) is 4.79 Å². The molecule has 25 heavy (non-hydrogen) atoms. The number of halogens is 1. The summed E-state index contributed by atoms with van der Waals surface area (Å²) in [5.74, 6) is 0.443. The predicted octanol–water partition coefficient (Wildman–Crippen LogP) is 5.03. The second kappa shape index (κ2) is 8.41. The first-order valence-corrected chi connectivity index (χ1v) is 9.53. The van der Waals surface area contributed by atoms with Crippen LogP contribution in [0.5, 0.6) is 0 Å². The molecular weight excluding hydrogens is 336 g/mol. The minimum atomic E-state index is -0.457. The maximum atomic E-state index is 12.3. The van der Waals surface area contributed by atoms with Crippen molar-refractivity contribution in [1.82, 2.24) is 10.2 Å². The summed E-state index contributed by atoms with van der Waals surface area (Å²) in [6.07, 6.45) is 1.84. The standard InChI is InChI=1S/C20H31ClN2O2/c1-14(2)18(15-8-10-16(21)11-9-15)22-17-7-6-12-23(13-17)19(24)25-20(3,4)5/h8-11,14,17-18,22H,6-7,12-13H2,1-5H3. The molecule has 1 aliphatic heterocycles. The molecule has 1 aromatic rings. The second-order valence-corrected chi connectivity index (χ2v) is 8.64. The Morgan fingerprint density at radius 1 is 1.28 bits per heavy atom. The van der Waals surface area contributed by atoms with Crippen LogP contribution in [0.25, 0.3) is 0 Å². The molecule has 2 unspecified atom stereocenters. The summed E-state index contributed by atoms with van der Waals surface area (Å²) in [5, 5.41) is 4.50. The van der Waals surface area contributed by atoms with E-state index in [2.05, 4.69) is 31.3 Å². The number of hydrogen-bond donors (Lipinski definition) is 1. The first-order chi connectivity index (χ1) is 11.7. The quantitative estimate of drug-likeness (QED) is 0.812. The minimum absolute atomic E-state index is 0.216. The molecule has 0 radical (unpaired) electrons. The van der Waals surface area contributed by atoms with Crippen molar-refractivity contribution in [3.63, 3.8) is 0 Å². The molecule has 0 bridgehead atoms. The average Bonchev–Trinajstić information content (AvgIpc) is 2.52. The lowest BCUT2D eigenvalue weighted by Crippen LogP contribution is -2.50. The topological polar surface area (TPSA) is 41.6 Å². The molecule has 1 N–H and O–H groups in total. The number of hydrogen-bond acceptors (Lipinski definition) is 3. The Kier molecular flexibility index (Phi) is 6.75. The molecule has 0 aliphatic carbocycles. The lowest BCUT2D eigenvalue weighted by atomic mass is 9.94. The van der Waals surface area contributed by atoms with Crippen LogP contribution in [0.1, 0.15) is 59.1 Å². The van der Waals surface area contributed by atoms with Crippen molar-refractivity contribution in [2.75, 3.05) is 13.1 Å².